The van der Waals surface area contributed by atoms with Crippen LogP contribution in [-0.2, 0) is 0 Å². The molecule has 0 unspecified atom stereocenters. The fourth-order valence-electron chi connectivity index (χ4n) is 2.92. The first-order valence-electron chi connectivity index (χ1n) is 7.89. The van der Waals surface area contributed by atoms with Gasteiger partial charge in [0.1, 0.15) is 0 Å². The Morgan fingerprint density at radius 3 is 2.45 bits per heavy atom. The highest BCUT2D eigenvalue weighted by Gasteiger charge is 2.15. The highest BCUT2D eigenvalue weighted by molar-refractivity contribution is 5.94. The smallest absolute Gasteiger partial charge is 0.251 e. The van der Waals surface area contributed by atoms with Gasteiger partial charge < -0.3 is 11.1 Å². The molecule has 1 saturated carbocycles. The monoisotopic (exact) mass is 274 g/mol. The molecule has 3 N–H and O–H groups in total. The van der Waals surface area contributed by atoms with E-state index in [2.05, 4.69) is 17.4 Å². The molecule has 20 heavy (non-hydrogen) atoms. The first kappa shape index (κ1) is 15.0. The fourth-order valence-corrected chi connectivity index (χ4v) is 2.92. The predicted molar refractivity (Wildman–Crippen MR) is 82.9 cm³/mol. The van der Waals surface area contributed by atoms with E-state index in [9.17, 15) is 4.79 Å². The molecule has 110 valence electrons. The highest BCUT2D eigenvalue weighted by Crippen LogP contribution is 2.32. The van der Waals surface area contributed by atoms with E-state index in [0.29, 0.717) is 19.0 Å². The largest absolute Gasteiger partial charge is 0.352 e. The Kier molecular flexibility index (Phi) is 6.06. The van der Waals surface area contributed by atoms with Crippen molar-refractivity contribution in [3.63, 3.8) is 0 Å². The molecule has 3 nitrogen and oxygen atoms in total. The molecule has 1 fully saturated rings. The fraction of sp³-hybridized carbons (Fsp3) is 0.588. The number of nitrogens with two attached hydrogens (primary N) is 1. The van der Waals surface area contributed by atoms with Gasteiger partial charge in [0.2, 0.25) is 0 Å². The van der Waals surface area contributed by atoms with Gasteiger partial charge in [0.25, 0.3) is 5.91 Å². The van der Waals surface area contributed by atoms with Crippen molar-refractivity contribution in [2.24, 2.45) is 5.73 Å². The molecule has 0 aromatic heterocycles. The first-order chi connectivity index (χ1) is 9.81. The topological polar surface area (TPSA) is 55.1 Å². The maximum Gasteiger partial charge on any atom is 0.251 e. The van der Waals surface area contributed by atoms with E-state index >= 15 is 0 Å². The van der Waals surface area contributed by atoms with Gasteiger partial charge in [0.15, 0.2) is 0 Å². The molecular formula is C17H26N2O. The average molecular weight is 274 g/mol. The van der Waals surface area contributed by atoms with E-state index in [1.54, 1.807) is 0 Å². The van der Waals surface area contributed by atoms with Crippen LogP contribution in [0.3, 0.4) is 0 Å². The number of unbranched alkanes of at least 4 members (excludes halogenated alkanes) is 1. The first-order valence-corrected chi connectivity index (χ1v) is 7.89. The third-order valence-corrected chi connectivity index (χ3v) is 4.17. The lowest BCUT2D eigenvalue weighted by Gasteiger charge is -2.22. The molecule has 2 rings (SSSR count). The summed E-state index contributed by atoms with van der Waals surface area (Å²) in [7, 11) is 0. The van der Waals surface area contributed by atoms with Gasteiger partial charge in [-0.1, -0.05) is 31.4 Å². The quantitative estimate of drug-likeness (QED) is 0.783. The molecule has 1 aliphatic carbocycles. The summed E-state index contributed by atoms with van der Waals surface area (Å²) >= 11 is 0. The van der Waals surface area contributed by atoms with Crippen LogP contribution in [0.15, 0.2) is 24.3 Å². The molecule has 0 spiro atoms. The number of nitrogens with one attached hydrogen (secondary N) is 1. The third-order valence-electron chi connectivity index (χ3n) is 4.17. The minimum absolute atomic E-state index is 0.0252. The standard InChI is InChI=1S/C17H26N2O/c18-12-4-5-13-19-17(20)16-10-8-15(9-11-16)14-6-2-1-3-7-14/h8-11,14H,1-7,12-13,18H2,(H,19,20). The summed E-state index contributed by atoms with van der Waals surface area (Å²) in [4.78, 5) is 12.0. The van der Waals surface area contributed by atoms with Crippen LogP contribution in [0.4, 0.5) is 0 Å². The van der Waals surface area contributed by atoms with Gasteiger partial charge in [-0.2, -0.15) is 0 Å². The van der Waals surface area contributed by atoms with E-state index in [-0.39, 0.29) is 5.91 Å². The zero-order valence-corrected chi connectivity index (χ0v) is 12.2. The molecule has 0 heterocycles. The molecule has 1 amide bonds. The van der Waals surface area contributed by atoms with Gasteiger partial charge in [-0.05, 0) is 55.8 Å². The van der Waals surface area contributed by atoms with Crippen LogP contribution in [0.2, 0.25) is 0 Å². The van der Waals surface area contributed by atoms with Crippen molar-refractivity contribution < 1.29 is 4.79 Å². The molecule has 0 bridgehead atoms. The lowest BCUT2D eigenvalue weighted by molar-refractivity contribution is 0.0953. The van der Waals surface area contributed by atoms with Crippen molar-refractivity contribution in [2.75, 3.05) is 13.1 Å². The van der Waals surface area contributed by atoms with Crippen LogP contribution in [0, 0.1) is 0 Å². The van der Waals surface area contributed by atoms with Crippen LogP contribution in [0.25, 0.3) is 0 Å². The third kappa shape index (κ3) is 4.34. The molecule has 0 saturated heterocycles. The Labute approximate surface area is 121 Å². The molecule has 3 heteroatoms. The molecule has 0 aliphatic heterocycles. The summed E-state index contributed by atoms with van der Waals surface area (Å²) in [5, 5.41) is 2.94. The van der Waals surface area contributed by atoms with Gasteiger partial charge in [-0.25, -0.2) is 0 Å². The second-order valence-electron chi connectivity index (χ2n) is 5.71. The molecule has 1 aromatic rings. The number of carbonyl (C=O) groups excluding carboxylic acids is 1. The summed E-state index contributed by atoms with van der Waals surface area (Å²) < 4.78 is 0. The van der Waals surface area contributed by atoms with Gasteiger partial charge >= 0.3 is 0 Å². The Morgan fingerprint density at radius 1 is 1.10 bits per heavy atom. The van der Waals surface area contributed by atoms with Crippen LogP contribution < -0.4 is 11.1 Å². The Bertz CT molecular complexity index is 408. The minimum atomic E-state index is 0.0252. The van der Waals surface area contributed by atoms with Gasteiger partial charge in [0, 0.05) is 12.1 Å². The van der Waals surface area contributed by atoms with Crippen molar-refractivity contribution >= 4 is 5.91 Å². The molecule has 0 radical (unpaired) electrons. The number of amides is 1. The Hall–Kier alpha value is -1.35. The lowest BCUT2D eigenvalue weighted by atomic mass is 9.84. The van der Waals surface area contributed by atoms with Gasteiger partial charge in [-0.3, -0.25) is 4.79 Å². The van der Waals surface area contributed by atoms with Crippen molar-refractivity contribution in [3.05, 3.63) is 35.4 Å². The number of carbonyl (C=O) groups is 1. The lowest BCUT2D eigenvalue weighted by Crippen LogP contribution is -2.24. The maximum absolute atomic E-state index is 12.0. The number of rotatable bonds is 6. The maximum atomic E-state index is 12.0. The van der Waals surface area contributed by atoms with Crippen molar-refractivity contribution in [1.29, 1.82) is 0 Å². The van der Waals surface area contributed by atoms with E-state index in [4.69, 9.17) is 5.73 Å². The summed E-state index contributed by atoms with van der Waals surface area (Å²) in [6, 6.07) is 8.18. The SMILES string of the molecule is NCCCCNC(=O)c1ccc(C2CCCCC2)cc1. The second-order valence-corrected chi connectivity index (χ2v) is 5.71. The van der Waals surface area contributed by atoms with Crippen LogP contribution in [-0.4, -0.2) is 19.0 Å². The highest BCUT2D eigenvalue weighted by atomic mass is 16.1. The molecular weight excluding hydrogens is 248 g/mol. The van der Waals surface area contributed by atoms with Gasteiger partial charge in [0.05, 0.1) is 0 Å². The van der Waals surface area contributed by atoms with Crippen molar-refractivity contribution in [1.82, 2.24) is 5.32 Å². The molecule has 1 aliphatic rings. The van der Waals surface area contributed by atoms with Gasteiger partial charge in [-0.15, -0.1) is 0 Å². The summed E-state index contributed by atoms with van der Waals surface area (Å²) in [6.45, 7) is 1.40. The number of hydrogen-bond donors (Lipinski definition) is 2. The van der Waals surface area contributed by atoms with E-state index in [1.807, 2.05) is 12.1 Å². The van der Waals surface area contributed by atoms with Crippen molar-refractivity contribution in [2.45, 2.75) is 50.9 Å². The predicted octanol–water partition coefficient (Wildman–Crippen LogP) is 3.20. The van der Waals surface area contributed by atoms with Crippen LogP contribution in [0.1, 0.15) is 66.8 Å². The van der Waals surface area contributed by atoms with E-state index in [0.717, 1.165) is 18.4 Å². The van der Waals surface area contributed by atoms with Crippen LogP contribution in [0.5, 0.6) is 0 Å². The van der Waals surface area contributed by atoms with Crippen LogP contribution >= 0.6 is 0 Å². The zero-order chi connectivity index (χ0) is 14.2. The van der Waals surface area contributed by atoms with E-state index in [1.165, 1.54) is 37.7 Å². The summed E-state index contributed by atoms with van der Waals surface area (Å²) in [6.07, 6.45) is 8.56. The Morgan fingerprint density at radius 2 is 1.80 bits per heavy atom. The Balaban J connectivity index is 1.85. The molecule has 1 aromatic carbocycles. The number of hydrogen-bond acceptors (Lipinski definition) is 2. The summed E-state index contributed by atoms with van der Waals surface area (Å²) in [5.74, 6) is 0.725. The minimum Gasteiger partial charge on any atom is -0.352 e. The van der Waals surface area contributed by atoms with E-state index < -0.39 is 0 Å². The number of benzene rings is 1. The normalized spacial score (nSPS) is 16.1. The molecule has 0 atom stereocenters. The zero-order valence-electron chi connectivity index (χ0n) is 12.2. The second kappa shape index (κ2) is 8.05. The average Bonchev–Trinajstić information content (AvgIpc) is 2.52. The van der Waals surface area contributed by atoms with Crippen molar-refractivity contribution in [3.8, 4) is 0 Å². The summed E-state index contributed by atoms with van der Waals surface area (Å²) in [5.41, 5.74) is 7.59.